The number of nitrogens with one attached hydrogen (secondary N) is 1. The molecule has 0 unspecified atom stereocenters. The number of aromatic amines is 1. The first-order valence-corrected chi connectivity index (χ1v) is 9.80. The number of nitrogens with zero attached hydrogens (tertiary/aromatic N) is 2. The van der Waals surface area contributed by atoms with E-state index in [0.29, 0.717) is 13.1 Å². The lowest BCUT2D eigenvalue weighted by atomic mass is 10.1. The van der Waals surface area contributed by atoms with E-state index in [1.54, 1.807) is 12.3 Å². The molecule has 2 aliphatic heterocycles. The van der Waals surface area contributed by atoms with Crippen LogP contribution in [0, 0.1) is 5.82 Å². The molecular weight excluding hydrogens is 373 g/mol. The Morgan fingerprint density at radius 3 is 2.72 bits per heavy atom. The summed E-state index contributed by atoms with van der Waals surface area (Å²) in [5.41, 5.74) is 2.87. The van der Waals surface area contributed by atoms with Crippen LogP contribution in [0.3, 0.4) is 0 Å². The number of carbonyl (C=O) groups is 1. The molecule has 0 saturated carbocycles. The van der Waals surface area contributed by atoms with Gasteiger partial charge < -0.3 is 19.4 Å². The third-order valence-electron chi connectivity index (χ3n) is 5.64. The number of hydrogen-bond acceptors (Lipinski definition) is 4. The Morgan fingerprint density at radius 2 is 1.86 bits per heavy atom. The number of ether oxygens (including phenoxy) is 2. The zero-order valence-corrected chi connectivity index (χ0v) is 16.0. The van der Waals surface area contributed by atoms with Gasteiger partial charge in [0, 0.05) is 49.8 Å². The van der Waals surface area contributed by atoms with Crippen LogP contribution in [0.5, 0.6) is 11.5 Å². The minimum absolute atomic E-state index is 0.0814. The summed E-state index contributed by atoms with van der Waals surface area (Å²) in [4.78, 5) is 20.1. The van der Waals surface area contributed by atoms with Crippen molar-refractivity contribution in [1.29, 1.82) is 0 Å². The van der Waals surface area contributed by atoms with Crippen molar-refractivity contribution < 1.29 is 18.7 Å². The highest BCUT2D eigenvalue weighted by Gasteiger charge is 2.23. The summed E-state index contributed by atoms with van der Waals surface area (Å²) >= 11 is 0. The number of piperazine rings is 1. The Balaban J connectivity index is 1.18. The third kappa shape index (κ3) is 3.65. The summed E-state index contributed by atoms with van der Waals surface area (Å²) in [6.07, 6.45) is 2.09. The van der Waals surface area contributed by atoms with E-state index in [1.165, 1.54) is 17.7 Å². The van der Waals surface area contributed by atoms with E-state index in [-0.39, 0.29) is 24.9 Å². The van der Waals surface area contributed by atoms with Gasteiger partial charge >= 0.3 is 0 Å². The fourth-order valence-corrected chi connectivity index (χ4v) is 4.02. The van der Waals surface area contributed by atoms with E-state index in [9.17, 15) is 9.18 Å². The highest BCUT2D eigenvalue weighted by molar-refractivity contribution is 5.89. The Bertz CT molecular complexity index is 1060. The number of H-pyrrole nitrogens is 1. The standard InChI is InChI=1S/C22H22FN3O3/c23-17-2-3-19-18(11-17)16(12-24-19)10-22(27)26-7-5-25(6-8-26)13-15-1-4-20-21(9-15)29-14-28-20/h1-4,9,11-12,24H,5-8,10,13-14H2. The van der Waals surface area contributed by atoms with Crippen LogP contribution in [0.1, 0.15) is 11.1 Å². The van der Waals surface area contributed by atoms with Gasteiger partial charge in [-0.3, -0.25) is 9.69 Å². The quantitative estimate of drug-likeness (QED) is 0.738. The number of fused-ring (bicyclic) bond motifs is 2. The van der Waals surface area contributed by atoms with E-state index in [1.807, 2.05) is 17.0 Å². The highest BCUT2D eigenvalue weighted by Crippen LogP contribution is 2.32. The number of carbonyl (C=O) groups excluding carboxylic acids is 1. The van der Waals surface area contributed by atoms with Crippen molar-refractivity contribution in [2.24, 2.45) is 0 Å². The van der Waals surface area contributed by atoms with Crippen LogP contribution >= 0.6 is 0 Å². The molecule has 0 spiro atoms. The molecule has 0 radical (unpaired) electrons. The Hall–Kier alpha value is -3.06. The van der Waals surface area contributed by atoms with Crippen molar-refractivity contribution in [3.05, 3.63) is 59.5 Å². The van der Waals surface area contributed by atoms with Gasteiger partial charge in [0.15, 0.2) is 11.5 Å². The Labute approximate surface area is 167 Å². The topological polar surface area (TPSA) is 57.8 Å². The summed E-state index contributed by atoms with van der Waals surface area (Å²) in [5, 5.41) is 0.778. The smallest absolute Gasteiger partial charge is 0.231 e. The molecule has 2 aromatic carbocycles. The molecule has 7 heteroatoms. The zero-order valence-electron chi connectivity index (χ0n) is 16.0. The van der Waals surface area contributed by atoms with Gasteiger partial charge in [-0.2, -0.15) is 0 Å². The molecule has 2 aliphatic rings. The number of halogens is 1. The van der Waals surface area contributed by atoms with Gasteiger partial charge in [-0.15, -0.1) is 0 Å². The summed E-state index contributed by atoms with van der Waals surface area (Å²) in [7, 11) is 0. The molecule has 0 atom stereocenters. The van der Waals surface area contributed by atoms with Crippen molar-refractivity contribution in [3.8, 4) is 11.5 Å². The molecule has 0 bridgehead atoms. The van der Waals surface area contributed by atoms with Crippen LogP contribution in [0.15, 0.2) is 42.6 Å². The molecular formula is C22H22FN3O3. The summed E-state index contributed by atoms with van der Waals surface area (Å²) in [6, 6.07) is 10.6. The maximum absolute atomic E-state index is 13.6. The van der Waals surface area contributed by atoms with Crippen LogP contribution in [0.25, 0.3) is 10.9 Å². The first-order valence-electron chi connectivity index (χ1n) is 9.80. The van der Waals surface area contributed by atoms with Crippen LogP contribution < -0.4 is 9.47 Å². The molecule has 1 fully saturated rings. The van der Waals surface area contributed by atoms with E-state index < -0.39 is 0 Å². The Kier molecular flexibility index (Phi) is 4.60. The largest absolute Gasteiger partial charge is 0.454 e. The number of rotatable bonds is 4. The van der Waals surface area contributed by atoms with Gasteiger partial charge in [-0.1, -0.05) is 6.07 Å². The second-order valence-electron chi connectivity index (χ2n) is 7.53. The van der Waals surface area contributed by atoms with Gasteiger partial charge in [-0.25, -0.2) is 4.39 Å². The molecule has 3 aromatic rings. The predicted octanol–water partition coefficient (Wildman–Crippen LogP) is 2.92. The van der Waals surface area contributed by atoms with Gasteiger partial charge in [0.25, 0.3) is 0 Å². The van der Waals surface area contributed by atoms with Gasteiger partial charge in [0.2, 0.25) is 12.7 Å². The average molecular weight is 395 g/mol. The van der Waals surface area contributed by atoms with Crippen LogP contribution in [0.2, 0.25) is 0 Å². The lowest BCUT2D eigenvalue weighted by Gasteiger charge is -2.34. The van der Waals surface area contributed by atoms with E-state index >= 15 is 0 Å². The van der Waals surface area contributed by atoms with E-state index in [0.717, 1.165) is 47.6 Å². The Morgan fingerprint density at radius 1 is 1.03 bits per heavy atom. The average Bonchev–Trinajstić information content (AvgIpc) is 3.35. The van der Waals surface area contributed by atoms with Crippen LogP contribution in [-0.4, -0.2) is 53.7 Å². The number of hydrogen-bond donors (Lipinski definition) is 1. The SMILES string of the molecule is O=C(Cc1c[nH]c2ccc(F)cc12)N1CCN(Cc2ccc3c(c2)OCO3)CC1. The minimum atomic E-state index is -0.289. The molecule has 6 nitrogen and oxygen atoms in total. The number of aromatic nitrogens is 1. The molecule has 1 N–H and O–H groups in total. The first kappa shape index (κ1) is 18.0. The van der Waals surface area contributed by atoms with Gasteiger partial charge in [0.05, 0.1) is 6.42 Å². The normalized spacial score (nSPS) is 16.5. The molecule has 3 heterocycles. The monoisotopic (exact) mass is 395 g/mol. The fourth-order valence-electron chi connectivity index (χ4n) is 4.02. The predicted molar refractivity (Wildman–Crippen MR) is 106 cm³/mol. The zero-order chi connectivity index (χ0) is 19.8. The number of benzene rings is 2. The van der Waals surface area contributed by atoms with Crippen molar-refractivity contribution in [1.82, 2.24) is 14.8 Å². The maximum atomic E-state index is 13.6. The lowest BCUT2D eigenvalue weighted by Crippen LogP contribution is -2.48. The summed E-state index contributed by atoms with van der Waals surface area (Å²) in [6.45, 7) is 4.13. The van der Waals surface area contributed by atoms with E-state index in [2.05, 4.69) is 16.0 Å². The van der Waals surface area contributed by atoms with Crippen LogP contribution in [0.4, 0.5) is 4.39 Å². The van der Waals surface area contributed by atoms with Crippen molar-refractivity contribution >= 4 is 16.8 Å². The second-order valence-corrected chi connectivity index (χ2v) is 7.53. The minimum Gasteiger partial charge on any atom is -0.454 e. The summed E-state index contributed by atoms with van der Waals surface area (Å²) in [5.74, 6) is 1.38. The van der Waals surface area contributed by atoms with Crippen molar-refractivity contribution in [2.75, 3.05) is 33.0 Å². The van der Waals surface area contributed by atoms with Crippen molar-refractivity contribution in [2.45, 2.75) is 13.0 Å². The first-order chi connectivity index (χ1) is 14.2. The van der Waals surface area contributed by atoms with Gasteiger partial charge in [0.1, 0.15) is 5.82 Å². The van der Waals surface area contributed by atoms with E-state index in [4.69, 9.17) is 9.47 Å². The highest BCUT2D eigenvalue weighted by atomic mass is 19.1. The third-order valence-corrected chi connectivity index (χ3v) is 5.64. The lowest BCUT2D eigenvalue weighted by molar-refractivity contribution is -0.132. The molecule has 1 aromatic heterocycles. The van der Waals surface area contributed by atoms with Crippen LogP contribution in [-0.2, 0) is 17.8 Å². The molecule has 0 aliphatic carbocycles. The fraction of sp³-hybridized carbons (Fsp3) is 0.318. The second kappa shape index (κ2) is 7.40. The number of amides is 1. The maximum Gasteiger partial charge on any atom is 0.231 e. The molecule has 150 valence electrons. The summed E-state index contributed by atoms with van der Waals surface area (Å²) < 4.78 is 24.4. The van der Waals surface area contributed by atoms with Gasteiger partial charge in [-0.05, 0) is 41.5 Å². The molecule has 5 rings (SSSR count). The molecule has 29 heavy (non-hydrogen) atoms. The molecule has 1 saturated heterocycles. The molecule has 1 amide bonds. The van der Waals surface area contributed by atoms with Crippen molar-refractivity contribution in [3.63, 3.8) is 0 Å².